The minimum atomic E-state index is -3.14. The summed E-state index contributed by atoms with van der Waals surface area (Å²) in [5.41, 5.74) is 3.98. The molecule has 0 radical (unpaired) electrons. The molecule has 8 heteroatoms. The topological polar surface area (TPSA) is 57.9 Å². The SMILES string of the molecule is CCCCS(=O)(=O)N1CCN(Cc2c(-c3ccc(Cl)cc3)nc3ccccn23)CC1. The van der Waals surface area contributed by atoms with E-state index in [9.17, 15) is 8.42 Å². The minimum Gasteiger partial charge on any atom is -0.302 e. The highest BCUT2D eigenvalue weighted by atomic mass is 35.5. The van der Waals surface area contributed by atoms with E-state index >= 15 is 0 Å². The van der Waals surface area contributed by atoms with E-state index in [-0.39, 0.29) is 5.75 Å². The first-order valence-corrected chi connectivity index (χ1v) is 12.4. The van der Waals surface area contributed by atoms with Crippen molar-refractivity contribution in [3.63, 3.8) is 0 Å². The minimum absolute atomic E-state index is 0.247. The molecular weight excluding hydrogens is 420 g/mol. The lowest BCUT2D eigenvalue weighted by molar-refractivity contribution is 0.180. The zero-order valence-electron chi connectivity index (χ0n) is 17.2. The highest BCUT2D eigenvalue weighted by Gasteiger charge is 2.27. The van der Waals surface area contributed by atoms with Gasteiger partial charge >= 0.3 is 0 Å². The smallest absolute Gasteiger partial charge is 0.214 e. The molecule has 0 N–H and O–H groups in total. The van der Waals surface area contributed by atoms with Crippen molar-refractivity contribution in [2.75, 3.05) is 31.9 Å². The summed E-state index contributed by atoms with van der Waals surface area (Å²) in [5.74, 6) is 0.247. The first-order chi connectivity index (χ1) is 14.5. The maximum atomic E-state index is 12.5. The van der Waals surface area contributed by atoms with E-state index in [2.05, 4.69) is 9.30 Å². The normalized spacial score (nSPS) is 16.3. The molecule has 160 valence electrons. The lowest BCUT2D eigenvalue weighted by atomic mass is 10.1. The molecule has 0 atom stereocenters. The average Bonchev–Trinajstić information content (AvgIpc) is 3.12. The fourth-order valence-corrected chi connectivity index (χ4v) is 5.63. The van der Waals surface area contributed by atoms with Gasteiger partial charge in [-0.15, -0.1) is 0 Å². The molecule has 0 aliphatic carbocycles. The molecule has 4 rings (SSSR count). The molecule has 1 aromatic carbocycles. The molecule has 1 aliphatic rings. The number of halogens is 1. The molecule has 1 saturated heterocycles. The van der Waals surface area contributed by atoms with Crippen LogP contribution in [0.3, 0.4) is 0 Å². The van der Waals surface area contributed by atoms with Crippen molar-refractivity contribution in [2.24, 2.45) is 0 Å². The van der Waals surface area contributed by atoms with Crippen LogP contribution in [-0.4, -0.2) is 58.9 Å². The number of nitrogens with zero attached hydrogens (tertiary/aromatic N) is 4. The molecule has 6 nitrogen and oxygen atoms in total. The van der Waals surface area contributed by atoms with Gasteiger partial charge in [-0.25, -0.2) is 13.4 Å². The number of piperazine rings is 1. The summed E-state index contributed by atoms with van der Waals surface area (Å²) in [4.78, 5) is 7.16. The summed E-state index contributed by atoms with van der Waals surface area (Å²) in [7, 11) is -3.14. The van der Waals surface area contributed by atoms with Crippen LogP contribution < -0.4 is 0 Å². The maximum Gasteiger partial charge on any atom is 0.214 e. The fourth-order valence-electron chi connectivity index (χ4n) is 3.87. The van der Waals surface area contributed by atoms with Crippen LogP contribution in [0.1, 0.15) is 25.5 Å². The lowest BCUT2D eigenvalue weighted by Crippen LogP contribution is -2.48. The van der Waals surface area contributed by atoms with Gasteiger partial charge in [0.1, 0.15) is 5.65 Å². The predicted octanol–water partition coefficient (Wildman–Crippen LogP) is 3.90. The van der Waals surface area contributed by atoms with Crippen LogP contribution in [0.4, 0.5) is 0 Å². The van der Waals surface area contributed by atoms with Crippen molar-refractivity contribution < 1.29 is 8.42 Å². The van der Waals surface area contributed by atoms with Crippen molar-refractivity contribution >= 4 is 27.3 Å². The number of imidazole rings is 1. The number of pyridine rings is 1. The number of fused-ring (bicyclic) bond motifs is 1. The van der Waals surface area contributed by atoms with Gasteiger partial charge in [0.2, 0.25) is 10.0 Å². The number of benzene rings is 1. The molecule has 30 heavy (non-hydrogen) atoms. The fraction of sp³-hybridized carbons (Fsp3) is 0.409. The van der Waals surface area contributed by atoms with Gasteiger partial charge in [0.15, 0.2) is 0 Å². The van der Waals surface area contributed by atoms with Gasteiger partial charge in [0.05, 0.1) is 17.1 Å². The van der Waals surface area contributed by atoms with Gasteiger partial charge in [-0.1, -0.05) is 43.1 Å². The molecule has 0 spiro atoms. The quantitative estimate of drug-likeness (QED) is 0.552. The monoisotopic (exact) mass is 446 g/mol. The van der Waals surface area contributed by atoms with Gasteiger partial charge in [-0.05, 0) is 30.7 Å². The van der Waals surface area contributed by atoms with Gasteiger partial charge < -0.3 is 4.40 Å². The molecular formula is C22H27ClN4O2S. The molecule has 3 aromatic rings. The van der Waals surface area contributed by atoms with E-state index in [0.29, 0.717) is 37.7 Å². The summed E-state index contributed by atoms with van der Waals surface area (Å²) >= 11 is 6.07. The van der Waals surface area contributed by atoms with Crippen molar-refractivity contribution in [1.29, 1.82) is 0 Å². The Balaban J connectivity index is 1.55. The van der Waals surface area contributed by atoms with Crippen molar-refractivity contribution in [3.8, 4) is 11.3 Å². The average molecular weight is 447 g/mol. The molecule has 1 aliphatic heterocycles. The van der Waals surface area contributed by atoms with E-state index in [1.54, 1.807) is 4.31 Å². The Morgan fingerprint density at radius 1 is 1.03 bits per heavy atom. The van der Waals surface area contributed by atoms with Crippen LogP contribution in [0.25, 0.3) is 16.9 Å². The Hall–Kier alpha value is -1.93. The van der Waals surface area contributed by atoms with Crippen molar-refractivity contribution in [2.45, 2.75) is 26.3 Å². The Labute approximate surface area is 183 Å². The van der Waals surface area contributed by atoms with Gasteiger partial charge in [0.25, 0.3) is 0 Å². The number of hydrogen-bond donors (Lipinski definition) is 0. The Bertz CT molecular complexity index is 1100. The maximum absolute atomic E-state index is 12.5. The van der Waals surface area contributed by atoms with Crippen LogP contribution >= 0.6 is 11.6 Å². The Morgan fingerprint density at radius 3 is 2.47 bits per heavy atom. The van der Waals surface area contributed by atoms with E-state index in [4.69, 9.17) is 16.6 Å². The van der Waals surface area contributed by atoms with E-state index < -0.39 is 10.0 Å². The number of rotatable bonds is 7. The molecule has 0 amide bonds. The number of hydrogen-bond acceptors (Lipinski definition) is 4. The third-order valence-corrected chi connectivity index (χ3v) is 7.81. The summed E-state index contributed by atoms with van der Waals surface area (Å²) < 4.78 is 28.8. The number of sulfonamides is 1. The first kappa shape index (κ1) is 21.3. The highest BCUT2D eigenvalue weighted by Crippen LogP contribution is 2.27. The first-order valence-electron chi connectivity index (χ1n) is 10.4. The van der Waals surface area contributed by atoms with Crippen molar-refractivity contribution in [1.82, 2.24) is 18.6 Å². The van der Waals surface area contributed by atoms with E-state index in [0.717, 1.165) is 35.4 Å². The molecule has 3 heterocycles. The molecule has 0 bridgehead atoms. The van der Waals surface area contributed by atoms with Gasteiger partial charge in [0, 0.05) is 49.5 Å². The molecule has 1 fully saturated rings. The largest absolute Gasteiger partial charge is 0.302 e. The summed E-state index contributed by atoms with van der Waals surface area (Å²) in [6, 6.07) is 13.7. The second kappa shape index (κ2) is 9.06. The summed E-state index contributed by atoms with van der Waals surface area (Å²) in [5, 5.41) is 0.699. The lowest BCUT2D eigenvalue weighted by Gasteiger charge is -2.34. The Morgan fingerprint density at radius 2 is 1.77 bits per heavy atom. The van der Waals surface area contributed by atoms with Crippen LogP contribution in [0.2, 0.25) is 5.02 Å². The molecule has 2 aromatic heterocycles. The van der Waals surface area contributed by atoms with E-state index in [1.807, 2.05) is 55.6 Å². The van der Waals surface area contributed by atoms with Gasteiger partial charge in [-0.3, -0.25) is 4.90 Å². The Kier molecular flexibility index (Phi) is 6.43. The predicted molar refractivity (Wildman–Crippen MR) is 121 cm³/mol. The third-order valence-electron chi connectivity index (χ3n) is 5.60. The molecule has 0 saturated carbocycles. The standard InChI is InChI=1S/C22H27ClN4O2S/c1-2-3-16-30(28,29)26-14-12-25(13-15-26)17-20-22(18-7-9-19(23)10-8-18)24-21-6-4-5-11-27(20)21/h4-11H,2-3,12-17H2,1H3. The van der Waals surface area contributed by atoms with Crippen LogP contribution in [0, 0.1) is 0 Å². The zero-order chi connectivity index (χ0) is 21.1. The van der Waals surface area contributed by atoms with Crippen LogP contribution in [-0.2, 0) is 16.6 Å². The third kappa shape index (κ3) is 4.54. The highest BCUT2D eigenvalue weighted by molar-refractivity contribution is 7.89. The van der Waals surface area contributed by atoms with Gasteiger partial charge in [-0.2, -0.15) is 4.31 Å². The summed E-state index contributed by atoms with van der Waals surface area (Å²) in [6.45, 7) is 5.24. The summed E-state index contributed by atoms with van der Waals surface area (Å²) in [6.07, 6.45) is 3.64. The van der Waals surface area contributed by atoms with Crippen molar-refractivity contribution in [3.05, 3.63) is 59.4 Å². The van der Waals surface area contributed by atoms with Crippen LogP contribution in [0.15, 0.2) is 48.7 Å². The number of aromatic nitrogens is 2. The molecule has 0 unspecified atom stereocenters. The van der Waals surface area contributed by atoms with E-state index in [1.165, 1.54) is 0 Å². The zero-order valence-corrected chi connectivity index (χ0v) is 18.7. The number of unbranched alkanes of at least 4 members (excludes halogenated alkanes) is 1. The second-order valence-corrected chi connectivity index (χ2v) is 10.2. The second-order valence-electron chi connectivity index (χ2n) is 7.69. The van der Waals surface area contributed by atoms with Crippen LogP contribution in [0.5, 0.6) is 0 Å².